The van der Waals surface area contributed by atoms with Gasteiger partial charge in [-0.1, -0.05) is 30.3 Å². The van der Waals surface area contributed by atoms with Crippen molar-refractivity contribution < 1.29 is 23.8 Å². The Balaban J connectivity index is 1.66. The molecule has 2 aromatic heterocycles. The van der Waals surface area contributed by atoms with Crippen LogP contribution in [0.4, 0.5) is 0 Å². The molecule has 0 unspecified atom stereocenters. The minimum Gasteiger partial charge on any atom is -0.493 e. The predicted octanol–water partition coefficient (Wildman–Crippen LogP) is 5.69. The quantitative estimate of drug-likeness (QED) is 0.231. The fourth-order valence-corrected chi connectivity index (χ4v) is 4.66. The molecule has 0 fully saturated rings. The summed E-state index contributed by atoms with van der Waals surface area (Å²) < 4.78 is 18.9. The normalized spacial score (nSPS) is 11.4. The Labute approximate surface area is 226 Å². The Bertz CT molecular complexity index is 1730. The van der Waals surface area contributed by atoms with Crippen molar-refractivity contribution in [1.29, 1.82) is 0 Å². The Morgan fingerprint density at radius 1 is 1.14 bits per heavy atom. The Hall–Kier alpha value is -3.96. The molecule has 5 aromatic rings. The van der Waals surface area contributed by atoms with Crippen LogP contribution in [-0.2, 0) is 4.79 Å². The molecule has 0 amide bonds. The molecule has 11 heteroatoms. The minimum absolute atomic E-state index is 0.210. The number of methoxy groups -OCH3 is 1. The monoisotopic (exact) mass is 625 g/mol. The van der Waals surface area contributed by atoms with Gasteiger partial charge >= 0.3 is 5.97 Å². The first-order valence-corrected chi connectivity index (χ1v) is 12.4. The lowest BCUT2D eigenvalue weighted by Crippen LogP contribution is -2.20. The fourth-order valence-electron chi connectivity index (χ4n) is 3.72. The van der Waals surface area contributed by atoms with Crippen molar-refractivity contribution in [3.05, 3.63) is 85.5 Å². The van der Waals surface area contributed by atoms with Gasteiger partial charge in [0.2, 0.25) is 5.82 Å². The molecule has 2 heterocycles. The van der Waals surface area contributed by atoms with Crippen molar-refractivity contribution in [2.45, 2.75) is 0 Å². The SMILES string of the molecule is COc1cc(C=Nn2c(-c3cc4ccccc4o3)nc3ccccc3c2=O)c(Br)c(Br)c1OCC(=O)O. The molecule has 1 N–H and O–H groups in total. The van der Waals surface area contributed by atoms with E-state index in [-0.39, 0.29) is 22.9 Å². The first-order valence-electron chi connectivity index (χ1n) is 10.8. The van der Waals surface area contributed by atoms with Gasteiger partial charge in [0, 0.05) is 15.4 Å². The summed E-state index contributed by atoms with van der Waals surface area (Å²) >= 11 is 6.89. The smallest absolute Gasteiger partial charge is 0.341 e. The van der Waals surface area contributed by atoms with Crippen LogP contribution in [0.15, 0.2) is 83.9 Å². The van der Waals surface area contributed by atoms with Crippen LogP contribution in [0.3, 0.4) is 0 Å². The van der Waals surface area contributed by atoms with Crippen molar-refractivity contribution in [2.75, 3.05) is 13.7 Å². The first-order chi connectivity index (χ1) is 17.9. The zero-order chi connectivity index (χ0) is 26.1. The van der Waals surface area contributed by atoms with Crippen LogP contribution in [-0.4, -0.2) is 40.7 Å². The molecule has 186 valence electrons. The number of carbonyl (C=O) groups is 1. The van der Waals surface area contributed by atoms with Gasteiger partial charge in [-0.25, -0.2) is 9.78 Å². The van der Waals surface area contributed by atoms with Crippen molar-refractivity contribution in [3.8, 4) is 23.1 Å². The number of para-hydroxylation sites is 2. The number of fused-ring (bicyclic) bond motifs is 2. The lowest BCUT2D eigenvalue weighted by Gasteiger charge is -2.14. The summed E-state index contributed by atoms with van der Waals surface area (Å²) in [5.41, 5.74) is 1.33. The van der Waals surface area contributed by atoms with Crippen LogP contribution < -0.4 is 15.0 Å². The standard InChI is InChI=1S/C26H17Br2N3O6/c1-35-19-11-15(22(27)23(28)24(19)36-13-21(32)33)12-29-31-25(20-10-14-6-2-5-9-18(14)37-20)30-17-8-4-3-7-16(17)26(31)34/h2-12H,13H2,1H3,(H,32,33). The number of benzene rings is 3. The second-order valence-corrected chi connectivity index (χ2v) is 9.36. The van der Waals surface area contributed by atoms with Gasteiger partial charge in [-0.15, -0.1) is 0 Å². The van der Waals surface area contributed by atoms with Crippen molar-refractivity contribution in [2.24, 2.45) is 5.10 Å². The lowest BCUT2D eigenvalue weighted by atomic mass is 10.2. The van der Waals surface area contributed by atoms with Gasteiger partial charge in [0.25, 0.3) is 5.56 Å². The van der Waals surface area contributed by atoms with E-state index in [1.165, 1.54) is 18.0 Å². The molecular weight excluding hydrogens is 610 g/mol. The van der Waals surface area contributed by atoms with Crippen molar-refractivity contribution in [3.63, 3.8) is 0 Å². The zero-order valence-electron chi connectivity index (χ0n) is 19.1. The van der Waals surface area contributed by atoms with Gasteiger partial charge in [-0.2, -0.15) is 9.78 Å². The van der Waals surface area contributed by atoms with E-state index < -0.39 is 12.6 Å². The van der Waals surface area contributed by atoms with Crippen molar-refractivity contribution >= 4 is 65.9 Å². The summed E-state index contributed by atoms with van der Waals surface area (Å²) in [6.45, 7) is -0.548. The maximum absolute atomic E-state index is 13.5. The van der Waals surface area contributed by atoms with Crippen LogP contribution in [0.5, 0.6) is 11.5 Å². The highest BCUT2D eigenvalue weighted by molar-refractivity contribution is 9.13. The highest BCUT2D eigenvalue weighted by atomic mass is 79.9. The molecular formula is C26H17Br2N3O6. The van der Waals surface area contributed by atoms with Gasteiger partial charge in [0.15, 0.2) is 23.9 Å². The average molecular weight is 627 g/mol. The lowest BCUT2D eigenvalue weighted by molar-refractivity contribution is -0.139. The van der Waals surface area contributed by atoms with Crippen LogP contribution in [0.25, 0.3) is 33.5 Å². The van der Waals surface area contributed by atoms with E-state index in [1.807, 2.05) is 30.3 Å². The molecule has 0 radical (unpaired) electrons. The van der Waals surface area contributed by atoms with E-state index in [2.05, 4.69) is 41.9 Å². The number of halogens is 2. The Kier molecular flexibility index (Phi) is 6.81. The highest BCUT2D eigenvalue weighted by Gasteiger charge is 2.19. The number of carboxylic acid groups (broad SMARTS) is 1. The summed E-state index contributed by atoms with van der Waals surface area (Å²) in [5.74, 6) is -0.0196. The Morgan fingerprint density at radius 3 is 2.65 bits per heavy atom. The van der Waals surface area contributed by atoms with E-state index in [9.17, 15) is 9.59 Å². The molecule has 0 aliphatic heterocycles. The van der Waals surface area contributed by atoms with Gasteiger partial charge in [-0.3, -0.25) is 4.79 Å². The molecule has 0 saturated carbocycles. The second-order valence-electron chi connectivity index (χ2n) is 7.77. The van der Waals surface area contributed by atoms with Gasteiger partial charge in [0.1, 0.15) is 5.58 Å². The average Bonchev–Trinajstić information content (AvgIpc) is 3.33. The van der Waals surface area contributed by atoms with Crippen LogP contribution in [0.1, 0.15) is 5.56 Å². The fraction of sp³-hybridized carbons (Fsp3) is 0.0769. The summed E-state index contributed by atoms with van der Waals surface area (Å²) in [6.07, 6.45) is 1.46. The molecule has 0 aliphatic carbocycles. The maximum atomic E-state index is 13.5. The molecule has 0 atom stereocenters. The highest BCUT2D eigenvalue weighted by Crippen LogP contribution is 2.42. The number of carboxylic acids is 1. The maximum Gasteiger partial charge on any atom is 0.341 e. The second kappa shape index (κ2) is 10.2. The molecule has 3 aromatic carbocycles. The van der Waals surface area contributed by atoms with Crippen molar-refractivity contribution in [1.82, 2.24) is 9.66 Å². The summed E-state index contributed by atoms with van der Waals surface area (Å²) in [5, 5.41) is 14.7. The number of aromatic nitrogens is 2. The van der Waals surface area contributed by atoms with Crippen LogP contribution in [0.2, 0.25) is 0 Å². The summed E-state index contributed by atoms with van der Waals surface area (Å²) in [7, 11) is 1.43. The van der Waals surface area contributed by atoms with Gasteiger partial charge < -0.3 is 19.0 Å². The van der Waals surface area contributed by atoms with E-state index in [0.717, 1.165) is 5.39 Å². The number of hydrogen-bond donors (Lipinski definition) is 1. The number of aliphatic carboxylic acids is 1. The number of ether oxygens (including phenoxy) is 2. The zero-order valence-corrected chi connectivity index (χ0v) is 22.3. The summed E-state index contributed by atoms with van der Waals surface area (Å²) in [4.78, 5) is 29.1. The number of furan rings is 1. The molecule has 0 aliphatic rings. The van der Waals surface area contributed by atoms with E-state index >= 15 is 0 Å². The minimum atomic E-state index is -1.13. The molecule has 37 heavy (non-hydrogen) atoms. The Morgan fingerprint density at radius 2 is 1.89 bits per heavy atom. The third-order valence-electron chi connectivity index (χ3n) is 5.43. The molecule has 5 rings (SSSR count). The molecule has 0 bridgehead atoms. The topological polar surface area (TPSA) is 116 Å². The van der Waals surface area contributed by atoms with E-state index in [1.54, 1.807) is 30.3 Å². The molecule has 9 nitrogen and oxygen atoms in total. The third kappa shape index (κ3) is 4.75. The molecule has 0 spiro atoms. The van der Waals surface area contributed by atoms with Gasteiger partial charge in [-0.05, 0) is 62.2 Å². The summed E-state index contributed by atoms with van der Waals surface area (Å²) in [6, 6.07) is 17.9. The first kappa shape index (κ1) is 24.7. The number of nitrogens with zero attached hydrogens (tertiary/aromatic N) is 3. The van der Waals surface area contributed by atoms with Crippen LogP contribution in [0, 0.1) is 0 Å². The predicted molar refractivity (Wildman–Crippen MR) is 146 cm³/mol. The molecule has 0 saturated heterocycles. The van der Waals surface area contributed by atoms with E-state index in [4.69, 9.17) is 19.0 Å². The number of hydrogen-bond acceptors (Lipinski definition) is 7. The number of rotatable bonds is 7. The largest absolute Gasteiger partial charge is 0.493 e. The van der Waals surface area contributed by atoms with E-state index in [0.29, 0.717) is 36.8 Å². The third-order valence-corrected chi connectivity index (χ3v) is 7.57. The van der Waals surface area contributed by atoms with Crippen LogP contribution >= 0.6 is 31.9 Å². The van der Waals surface area contributed by atoms with Gasteiger partial charge in [0.05, 0.1) is 28.7 Å².